The van der Waals surface area contributed by atoms with Crippen LogP contribution in [0.5, 0.6) is 5.75 Å². The summed E-state index contributed by atoms with van der Waals surface area (Å²) in [5, 5.41) is 20.1. The molecule has 0 aliphatic heterocycles. The largest absolute Gasteiger partial charge is 0.480 e. The first-order valence-corrected chi connectivity index (χ1v) is 6.82. The zero-order valence-corrected chi connectivity index (χ0v) is 11.0. The van der Waals surface area contributed by atoms with E-state index in [1.54, 1.807) is 5.32 Å². The van der Waals surface area contributed by atoms with E-state index in [1.807, 2.05) is 0 Å². The van der Waals surface area contributed by atoms with Gasteiger partial charge >= 0.3 is 19.2 Å². The molecule has 0 spiro atoms. The average molecular weight is 312 g/mol. The quantitative estimate of drug-likeness (QED) is 0.370. The Kier molecular flexibility index (Phi) is 4.92. The van der Waals surface area contributed by atoms with Crippen LogP contribution < -0.4 is 10.1 Å². The molecule has 0 bridgehead atoms. The van der Waals surface area contributed by atoms with Crippen LogP contribution in [-0.2, 0) is 9.36 Å². The van der Waals surface area contributed by atoms with E-state index in [4.69, 9.17) is 31.2 Å². The van der Waals surface area contributed by atoms with Gasteiger partial charge in [0.05, 0.1) is 6.54 Å². The zero-order chi connectivity index (χ0) is 14.7. The molecule has 0 radical (unpaired) electrons. The second kappa shape index (κ2) is 5.87. The lowest BCUT2D eigenvalue weighted by Crippen LogP contribution is -2.51. The topological polar surface area (TPSA) is 136 Å². The van der Waals surface area contributed by atoms with Gasteiger partial charge in [0.25, 0.3) is 0 Å². The summed E-state index contributed by atoms with van der Waals surface area (Å²) in [4.78, 5) is 28.4. The Bertz CT molecular complexity index is 519. The fourth-order valence-corrected chi connectivity index (χ4v) is 1.77. The molecule has 5 N–H and O–H groups in total. The fourth-order valence-electron chi connectivity index (χ4n) is 1.08. The van der Waals surface area contributed by atoms with E-state index in [0.717, 1.165) is 0 Å². The van der Waals surface area contributed by atoms with Gasteiger partial charge in [-0.15, -0.1) is 0 Å². The Balaban J connectivity index is 2.98. The normalized spacial score (nSPS) is 14.7. The summed E-state index contributed by atoms with van der Waals surface area (Å²) in [7, 11) is -5.21. The molecule has 1 atom stereocenters. The van der Waals surface area contributed by atoms with Gasteiger partial charge in [0, 0.05) is 5.02 Å². The first-order valence-electron chi connectivity index (χ1n) is 4.83. The summed E-state index contributed by atoms with van der Waals surface area (Å²) in [6.07, 6.45) is 0. The number of halogens is 1. The molecule has 1 aromatic rings. The maximum absolute atomic E-state index is 11.2. The minimum atomic E-state index is -5.21. The van der Waals surface area contributed by atoms with E-state index >= 15 is 0 Å². The molecule has 8 nitrogen and oxygen atoms in total. The summed E-state index contributed by atoms with van der Waals surface area (Å²) < 4.78 is 15.9. The molecule has 1 rings (SSSR count). The molecular weight excluding hydrogens is 301 g/mol. The highest BCUT2D eigenvalue weighted by molar-refractivity contribution is 7.53. The lowest BCUT2D eigenvalue weighted by molar-refractivity contribution is -0.142. The Hall–Kier alpha value is -1.15. The third-order valence-electron chi connectivity index (χ3n) is 1.92. The molecule has 106 valence electrons. The van der Waals surface area contributed by atoms with Crippen molar-refractivity contribution in [1.29, 1.82) is 0 Å². The molecule has 0 aromatic heterocycles. The molecule has 19 heavy (non-hydrogen) atoms. The highest BCUT2D eigenvalue weighted by atomic mass is 35.5. The smallest absolute Gasteiger partial charge is 0.414 e. The van der Waals surface area contributed by atoms with Gasteiger partial charge in [0.1, 0.15) is 5.75 Å². The van der Waals surface area contributed by atoms with Gasteiger partial charge in [-0.2, -0.15) is 0 Å². The first-order chi connectivity index (χ1) is 8.64. The molecule has 0 fully saturated rings. The number of aliphatic hydroxyl groups is 1. The number of carboxylic acid groups (broad SMARTS) is 1. The van der Waals surface area contributed by atoms with Crippen molar-refractivity contribution in [2.45, 2.75) is 5.65 Å². The second-order valence-electron chi connectivity index (χ2n) is 3.46. The van der Waals surface area contributed by atoms with Crippen LogP contribution in [0.15, 0.2) is 24.3 Å². The summed E-state index contributed by atoms with van der Waals surface area (Å²) in [5.41, 5.74) is -3.16. The molecule has 0 heterocycles. The molecule has 0 saturated heterocycles. The predicted molar refractivity (Wildman–Crippen MR) is 64.7 cm³/mol. The second-order valence-corrected chi connectivity index (χ2v) is 5.59. The minimum Gasteiger partial charge on any atom is -0.480 e. The van der Waals surface area contributed by atoms with Crippen molar-refractivity contribution < 1.29 is 34.1 Å². The average Bonchev–Trinajstić information content (AvgIpc) is 2.25. The van der Waals surface area contributed by atoms with Gasteiger partial charge in [-0.3, -0.25) is 9.36 Å². The van der Waals surface area contributed by atoms with Gasteiger partial charge in [0.2, 0.25) is 0 Å². The third-order valence-corrected chi connectivity index (χ3v) is 3.20. The van der Waals surface area contributed by atoms with E-state index in [0.29, 0.717) is 0 Å². The van der Waals surface area contributed by atoms with Crippen LogP contribution in [0.2, 0.25) is 5.02 Å². The SMILES string of the molecule is O=C(O)CNC(O)(Oc1cccc(Cl)c1)P(=O)(O)O. The van der Waals surface area contributed by atoms with E-state index in [-0.39, 0.29) is 10.8 Å². The molecule has 0 aliphatic rings. The lowest BCUT2D eigenvalue weighted by atomic mass is 10.3. The van der Waals surface area contributed by atoms with Crippen LogP contribution >= 0.6 is 19.2 Å². The number of carboxylic acids is 1. The van der Waals surface area contributed by atoms with Crippen molar-refractivity contribution >= 4 is 25.2 Å². The fraction of sp³-hybridized carbons (Fsp3) is 0.222. The van der Waals surface area contributed by atoms with Crippen molar-refractivity contribution in [3.8, 4) is 5.75 Å². The van der Waals surface area contributed by atoms with Crippen LogP contribution in [0.1, 0.15) is 0 Å². The van der Waals surface area contributed by atoms with Crippen molar-refractivity contribution in [3.05, 3.63) is 29.3 Å². The van der Waals surface area contributed by atoms with E-state index < -0.39 is 25.8 Å². The van der Waals surface area contributed by atoms with E-state index in [1.165, 1.54) is 24.3 Å². The van der Waals surface area contributed by atoms with Crippen LogP contribution in [0.4, 0.5) is 0 Å². The number of carbonyl (C=O) groups is 1. The molecule has 0 saturated carbocycles. The standard InChI is InChI=1S/C9H11ClNO7P/c10-6-2-1-3-7(4-6)18-9(14,19(15,16)17)11-5-8(12)13/h1-4,11,14H,5H2,(H,12,13)(H2,15,16,17). The Morgan fingerprint density at radius 3 is 2.58 bits per heavy atom. The monoisotopic (exact) mass is 311 g/mol. The summed E-state index contributed by atoms with van der Waals surface area (Å²) in [6, 6.07) is 5.39. The predicted octanol–water partition coefficient (Wildman–Crippen LogP) is 0.174. The Morgan fingerprint density at radius 1 is 1.47 bits per heavy atom. The maximum Gasteiger partial charge on any atom is 0.414 e. The lowest BCUT2D eigenvalue weighted by Gasteiger charge is -2.29. The number of hydrogen-bond acceptors (Lipinski definition) is 5. The van der Waals surface area contributed by atoms with Crippen LogP contribution in [0.3, 0.4) is 0 Å². The molecule has 10 heteroatoms. The number of aliphatic carboxylic acids is 1. The molecule has 0 amide bonds. The summed E-state index contributed by atoms with van der Waals surface area (Å²) in [5.74, 6) is -1.57. The van der Waals surface area contributed by atoms with Crippen LogP contribution in [0.25, 0.3) is 0 Å². The van der Waals surface area contributed by atoms with Gasteiger partial charge in [-0.25, -0.2) is 5.32 Å². The number of ether oxygens (including phenoxy) is 1. The maximum atomic E-state index is 11.2. The number of hydrogen-bond donors (Lipinski definition) is 5. The van der Waals surface area contributed by atoms with Crippen LogP contribution in [-0.4, -0.2) is 38.2 Å². The van der Waals surface area contributed by atoms with Gasteiger partial charge < -0.3 is 24.7 Å². The highest BCUT2D eigenvalue weighted by Crippen LogP contribution is 2.47. The van der Waals surface area contributed by atoms with Gasteiger partial charge in [-0.05, 0) is 18.2 Å². The van der Waals surface area contributed by atoms with E-state index in [9.17, 15) is 14.5 Å². The Morgan fingerprint density at radius 2 is 2.11 bits per heavy atom. The van der Waals surface area contributed by atoms with Crippen molar-refractivity contribution in [2.24, 2.45) is 0 Å². The molecule has 1 unspecified atom stereocenters. The van der Waals surface area contributed by atoms with Crippen molar-refractivity contribution in [1.82, 2.24) is 5.32 Å². The number of benzene rings is 1. The zero-order valence-electron chi connectivity index (χ0n) is 9.36. The van der Waals surface area contributed by atoms with Crippen molar-refractivity contribution in [2.75, 3.05) is 6.54 Å². The molecule has 1 aromatic carbocycles. The third kappa shape index (κ3) is 4.46. The highest BCUT2D eigenvalue weighted by Gasteiger charge is 2.49. The first kappa shape index (κ1) is 15.9. The van der Waals surface area contributed by atoms with Gasteiger partial charge in [-0.1, -0.05) is 17.7 Å². The minimum absolute atomic E-state index is 0.142. The van der Waals surface area contributed by atoms with Crippen LogP contribution in [0, 0.1) is 0 Å². The Labute approximate surface area is 112 Å². The molecular formula is C9H11ClNO7P. The summed E-state index contributed by atoms with van der Waals surface area (Å²) >= 11 is 5.65. The van der Waals surface area contributed by atoms with Gasteiger partial charge in [0.15, 0.2) is 0 Å². The van der Waals surface area contributed by atoms with E-state index in [2.05, 4.69) is 0 Å². The number of rotatable bonds is 6. The summed E-state index contributed by atoms with van der Waals surface area (Å²) in [6.45, 7) is -0.915. The van der Waals surface area contributed by atoms with Crippen molar-refractivity contribution in [3.63, 3.8) is 0 Å². The number of nitrogens with one attached hydrogen (secondary N) is 1. The molecule has 0 aliphatic carbocycles.